The second kappa shape index (κ2) is 4.69. The van der Waals surface area contributed by atoms with E-state index in [2.05, 4.69) is 44.0 Å². The smallest absolute Gasteiger partial charge is 0.0696 e. The van der Waals surface area contributed by atoms with Crippen molar-refractivity contribution in [3.63, 3.8) is 0 Å². The number of aliphatic hydroxyl groups is 1. The Morgan fingerprint density at radius 1 is 1.29 bits per heavy atom. The Morgan fingerprint density at radius 2 is 1.88 bits per heavy atom. The molecule has 0 fully saturated rings. The van der Waals surface area contributed by atoms with E-state index in [1.165, 1.54) is 5.22 Å². The van der Waals surface area contributed by atoms with E-state index in [1.807, 2.05) is 20.8 Å². The average Bonchev–Trinajstić information content (AvgIpc) is 2.60. The first-order valence-corrected chi connectivity index (χ1v) is 6.32. The van der Waals surface area contributed by atoms with Gasteiger partial charge in [-0.15, -0.1) is 0 Å². The van der Waals surface area contributed by atoms with E-state index in [0.717, 1.165) is 17.5 Å². The van der Waals surface area contributed by atoms with Gasteiger partial charge < -0.3 is 10.1 Å². The first-order chi connectivity index (χ1) is 7.74. The molecule has 0 aliphatic heterocycles. The zero-order chi connectivity index (χ0) is 13.3. The van der Waals surface area contributed by atoms with Crippen LogP contribution in [0.1, 0.15) is 53.7 Å². The van der Waals surface area contributed by atoms with Gasteiger partial charge in [-0.25, -0.2) is 0 Å². The van der Waals surface area contributed by atoms with E-state index >= 15 is 0 Å². The van der Waals surface area contributed by atoms with Crippen molar-refractivity contribution in [1.82, 2.24) is 4.98 Å². The van der Waals surface area contributed by atoms with Gasteiger partial charge >= 0.3 is 0 Å². The molecule has 0 saturated heterocycles. The molecule has 17 heavy (non-hydrogen) atoms. The summed E-state index contributed by atoms with van der Waals surface area (Å²) in [6.45, 7) is 12.0. The van der Waals surface area contributed by atoms with Crippen LogP contribution in [0.3, 0.4) is 0 Å². The third-order valence-electron chi connectivity index (χ3n) is 3.80. The molecule has 2 heteroatoms. The molecule has 0 unspecified atom stereocenters. The molecule has 0 spiro atoms. The molecule has 1 aromatic rings. The van der Waals surface area contributed by atoms with Crippen LogP contribution in [-0.2, 0) is 5.41 Å². The molecular formula is C15H25NO. The van der Waals surface area contributed by atoms with E-state index in [4.69, 9.17) is 0 Å². The molecule has 96 valence electrons. The molecule has 0 amide bonds. The number of H-pyrrole nitrogens is 1. The molecular weight excluding hydrogens is 210 g/mol. The Morgan fingerprint density at radius 3 is 2.29 bits per heavy atom. The Labute approximate surface area is 104 Å². The molecule has 0 aromatic carbocycles. The lowest BCUT2D eigenvalue weighted by atomic mass is 9.75. The average molecular weight is 235 g/mol. The summed E-state index contributed by atoms with van der Waals surface area (Å²) in [5.74, 6) is 0. The second-order valence-electron chi connectivity index (χ2n) is 5.64. The van der Waals surface area contributed by atoms with Gasteiger partial charge in [0.25, 0.3) is 0 Å². The van der Waals surface area contributed by atoms with Crippen LogP contribution in [0.15, 0.2) is 6.07 Å². The molecule has 2 nitrogen and oxygen atoms in total. The topological polar surface area (TPSA) is 36.0 Å². The fourth-order valence-corrected chi connectivity index (χ4v) is 1.76. The maximum Gasteiger partial charge on any atom is 0.0696 e. The number of hydrogen-bond acceptors (Lipinski definition) is 1. The van der Waals surface area contributed by atoms with E-state index in [-0.39, 0.29) is 5.41 Å². The molecule has 1 rings (SSSR count). The van der Waals surface area contributed by atoms with E-state index in [1.54, 1.807) is 0 Å². The highest BCUT2D eigenvalue weighted by Gasteiger charge is 2.37. The lowest BCUT2D eigenvalue weighted by Gasteiger charge is -2.36. The fourth-order valence-electron chi connectivity index (χ4n) is 1.76. The minimum absolute atomic E-state index is 0.301. The Kier molecular flexibility index (Phi) is 3.88. The highest BCUT2D eigenvalue weighted by atomic mass is 16.3. The lowest BCUT2D eigenvalue weighted by Crippen LogP contribution is -2.43. The van der Waals surface area contributed by atoms with E-state index in [0.29, 0.717) is 0 Å². The van der Waals surface area contributed by atoms with Gasteiger partial charge in [0.15, 0.2) is 0 Å². The minimum Gasteiger partial charge on any atom is -0.390 e. The zero-order valence-corrected chi connectivity index (χ0v) is 11.9. The highest BCUT2D eigenvalue weighted by molar-refractivity contribution is 5.32. The Balaban J connectivity index is 3.42. The monoisotopic (exact) mass is 235 g/mol. The van der Waals surface area contributed by atoms with Crippen molar-refractivity contribution < 1.29 is 5.11 Å². The minimum atomic E-state index is -0.758. The summed E-state index contributed by atoms with van der Waals surface area (Å²) in [5.41, 5.74) is 0.0227. The van der Waals surface area contributed by atoms with Crippen molar-refractivity contribution in [2.75, 3.05) is 0 Å². The fraction of sp³-hybridized carbons (Fsp3) is 0.600. The van der Waals surface area contributed by atoms with E-state index in [9.17, 15) is 5.11 Å². The molecule has 0 aliphatic rings. The van der Waals surface area contributed by atoms with Crippen molar-refractivity contribution in [3.8, 4) is 0 Å². The Hall–Kier alpha value is -1.02. The van der Waals surface area contributed by atoms with Crippen LogP contribution in [0.2, 0.25) is 0 Å². The number of hydrogen-bond donors (Lipinski definition) is 2. The number of aromatic amines is 1. The van der Waals surface area contributed by atoms with Crippen LogP contribution in [0, 0.1) is 0 Å². The first-order valence-electron chi connectivity index (χ1n) is 6.32. The first kappa shape index (κ1) is 14.0. The van der Waals surface area contributed by atoms with Crippen LogP contribution in [0.25, 0.3) is 12.2 Å². The number of nitrogens with one attached hydrogen (secondary N) is 1. The van der Waals surface area contributed by atoms with Crippen molar-refractivity contribution in [2.45, 2.75) is 59.0 Å². The lowest BCUT2D eigenvalue weighted by molar-refractivity contribution is 0.00793. The van der Waals surface area contributed by atoms with Gasteiger partial charge in [0.2, 0.25) is 0 Å². The van der Waals surface area contributed by atoms with Crippen molar-refractivity contribution in [1.29, 1.82) is 0 Å². The highest BCUT2D eigenvalue weighted by Crippen LogP contribution is 2.32. The van der Waals surface area contributed by atoms with E-state index < -0.39 is 5.60 Å². The largest absolute Gasteiger partial charge is 0.390 e. The summed E-state index contributed by atoms with van der Waals surface area (Å²) in [5, 5.41) is 12.6. The van der Waals surface area contributed by atoms with Crippen molar-refractivity contribution in [2.24, 2.45) is 0 Å². The molecule has 0 saturated carbocycles. The number of rotatable bonds is 3. The molecule has 0 aliphatic carbocycles. The van der Waals surface area contributed by atoms with Crippen LogP contribution < -0.4 is 10.6 Å². The van der Waals surface area contributed by atoms with Gasteiger partial charge in [-0.05, 0) is 38.5 Å². The van der Waals surface area contributed by atoms with Crippen LogP contribution in [0.5, 0.6) is 0 Å². The predicted molar refractivity (Wildman–Crippen MR) is 74.3 cm³/mol. The Bertz CT molecular complexity index is 486. The summed E-state index contributed by atoms with van der Waals surface area (Å²) in [4.78, 5) is 3.43. The summed E-state index contributed by atoms with van der Waals surface area (Å²) in [7, 11) is 0. The third-order valence-corrected chi connectivity index (χ3v) is 3.80. The van der Waals surface area contributed by atoms with Gasteiger partial charge in [0, 0.05) is 16.5 Å². The normalized spacial score (nSPS) is 15.7. The summed E-state index contributed by atoms with van der Waals surface area (Å²) in [6.07, 6.45) is 5.28. The molecule has 0 bridgehead atoms. The number of aromatic nitrogens is 1. The SMILES string of the molecule is C/C=c1/cc(C(C)(C)C(C)(C)O)[nH]/c1=C/CC. The van der Waals surface area contributed by atoms with Crippen molar-refractivity contribution >= 4 is 12.2 Å². The van der Waals surface area contributed by atoms with Crippen molar-refractivity contribution in [3.05, 3.63) is 22.3 Å². The molecule has 2 N–H and O–H groups in total. The quantitative estimate of drug-likeness (QED) is 0.826. The molecule has 1 heterocycles. The zero-order valence-electron chi connectivity index (χ0n) is 11.9. The maximum absolute atomic E-state index is 10.3. The van der Waals surface area contributed by atoms with Gasteiger partial charge in [0.05, 0.1) is 5.60 Å². The second-order valence-corrected chi connectivity index (χ2v) is 5.64. The van der Waals surface area contributed by atoms with Crippen LogP contribution >= 0.6 is 0 Å². The maximum atomic E-state index is 10.3. The van der Waals surface area contributed by atoms with Crippen LogP contribution in [0.4, 0.5) is 0 Å². The predicted octanol–water partition coefficient (Wildman–Crippen LogP) is 2.05. The standard InChI is InChI=1S/C15H25NO/c1-7-9-12-11(8-2)10-13(16-12)14(3,4)15(5,6)17/h8-10,16-17H,7H2,1-6H3/b11-8-,12-9+. The van der Waals surface area contributed by atoms with Gasteiger partial charge in [0.1, 0.15) is 0 Å². The third kappa shape index (κ3) is 2.63. The summed E-state index contributed by atoms with van der Waals surface area (Å²) < 4.78 is 0. The molecule has 0 atom stereocenters. The van der Waals surface area contributed by atoms with Gasteiger partial charge in [-0.2, -0.15) is 0 Å². The molecule has 0 radical (unpaired) electrons. The molecule has 1 aromatic heterocycles. The summed E-state index contributed by atoms with van der Waals surface area (Å²) in [6, 6.07) is 2.14. The van der Waals surface area contributed by atoms with Gasteiger partial charge in [-0.1, -0.05) is 32.9 Å². The van der Waals surface area contributed by atoms with Gasteiger partial charge in [-0.3, -0.25) is 0 Å². The van der Waals surface area contributed by atoms with Crippen LogP contribution in [-0.4, -0.2) is 15.7 Å². The summed E-state index contributed by atoms with van der Waals surface area (Å²) >= 11 is 0.